The lowest BCUT2D eigenvalue weighted by molar-refractivity contribution is -0.141. The van der Waals surface area contributed by atoms with Gasteiger partial charge in [0.2, 0.25) is 5.91 Å². The Kier molecular flexibility index (Phi) is 6.07. The summed E-state index contributed by atoms with van der Waals surface area (Å²) >= 11 is 0. The number of carboxylic acids is 1. The molecule has 6 heteroatoms. The third-order valence-electron chi connectivity index (χ3n) is 3.18. The third kappa shape index (κ3) is 4.62. The van der Waals surface area contributed by atoms with Gasteiger partial charge in [-0.15, -0.1) is 0 Å². The molecule has 0 radical (unpaired) electrons. The maximum Gasteiger partial charge on any atom is 0.327 e. The average molecular weight is 258 g/mol. The Hall–Kier alpha value is -1.14. The molecule has 1 aliphatic heterocycles. The zero-order chi connectivity index (χ0) is 13.5. The molecule has 1 rings (SSSR count). The standard InChI is InChI=1S/C12H22N2O4/c1-3-11-9(4-5-18-11)6-13-7-10(12(16)17)14-8(2)15/h9-11,13H,3-7H2,1-2H3,(H,14,15)(H,16,17). The van der Waals surface area contributed by atoms with E-state index in [9.17, 15) is 9.59 Å². The van der Waals surface area contributed by atoms with Gasteiger partial charge in [0.05, 0.1) is 6.10 Å². The molecule has 1 heterocycles. The fourth-order valence-corrected chi connectivity index (χ4v) is 2.24. The molecule has 0 spiro atoms. The molecule has 0 aromatic carbocycles. The summed E-state index contributed by atoms with van der Waals surface area (Å²) in [6.45, 7) is 5.14. The second kappa shape index (κ2) is 7.33. The number of hydrogen-bond donors (Lipinski definition) is 3. The molecular weight excluding hydrogens is 236 g/mol. The second-order valence-corrected chi connectivity index (χ2v) is 4.62. The van der Waals surface area contributed by atoms with Crippen LogP contribution >= 0.6 is 0 Å². The van der Waals surface area contributed by atoms with Crippen molar-refractivity contribution >= 4 is 11.9 Å². The van der Waals surface area contributed by atoms with Gasteiger partial charge < -0.3 is 20.5 Å². The first kappa shape index (κ1) is 14.9. The Morgan fingerprint density at radius 2 is 2.22 bits per heavy atom. The highest BCUT2D eigenvalue weighted by Crippen LogP contribution is 2.22. The van der Waals surface area contributed by atoms with Crippen molar-refractivity contribution in [2.75, 3.05) is 19.7 Å². The van der Waals surface area contributed by atoms with Crippen LogP contribution in [0, 0.1) is 5.92 Å². The number of nitrogens with one attached hydrogen (secondary N) is 2. The molecule has 3 N–H and O–H groups in total. The van der Waals surface area contributed by atoms with Gasteiger partial charge >= 0.3 is 5.97 Å². The molecule has 0 aromatic heterocycles. The van der Waals surface area contributed by atoms with Crippen molar-refractivity contribution in [2.24, 2.45) is 5.92 Å². The molecular formula is C12H22N2O4. The van der Waals surface area contributed by atoms with E-state index in [0.717, 1.165) is 26.0 Å². The number of carbonyl (C=O) groups excluding carboxylic acids is 1. The Morgan fingerprint density at radius 3 is 2.78 bits per heavy atom. The largest absolute Gasteiger partial charge is 0.480 e. The number of amides is 1. The fourth-order valence-electron chi connectivity index (χ4n) is 2.24. The van der Waals surface area contributed by atoms with E-state index >= 15 is 0 Å². The lowest BCUT2D eigenvalue weighted by Gasteiger charge is -2.19. The molecule has 1 aliphatic rings. The van der Waals surface area contributed by atoms with Crippen molar-refractivity contribution in [1.29, 1.82) is 0 Å². The van der Waals surface area contributed by atoms with Crippen molar-refractivity contribution in [3.8, 4) is 0 Å². The summed E-state index contributed by atoms with van der Waals surface area (Å²) in [4.78, 5) is 21.8. The smallest absolute Gasteiger partial charge is 0.327 e. The molecule has 0 saturated carbocycles. The van der Waals surface area contributed by atoms with Gasteiger partial charge in [0.25, 0.3) is 0 Å². The molecule has 1 amide bonds. The zero-order valence-corrected chi connectivity index (χ0v) is 10.9. The van der Waals surface area contributed by atoms with Crippen LogP contribution in [0.3, 0.4) is 0 Å². The number of carbonyl (C=O) groups is 2. The first-order valence-electron chi connectivity index (χ1n) is 6.36. The summed E-state index contributed by atoms with van der Waals surface area (Å²) in [6, 6.07) is -0.870. The van der Waals surface area contributed by atoms with Crippen molar-refractivity contribution in [2.45, 2.75) is 38.8 Å². The van der Waals surface area contributed by atoms with E-state index in [1.807, 2.05) is 0 Å². The molecule has 6 nitrogen and oxygen atoms in total. The predicted octanol–water partition coefficient (Wildman–Crippen LogP) is -0.0196. The van der Waals surface area contributed by atoms with Gasteiger partial charge in [-0.25, -0.2) is 4.79 Å². The van der Waals surface area contributed by atoms with E-state index in [2.05, 4.69) is 17.6 Å². The topological polar surface area (TPSA) is 87.7 Å². The maximum absolute atomic E-state index is 10.9. The van der Waals surface area contributed by atoms with Crippen LogP contribution < -0.4 is 10.6 Å². The van der Waals surface area contributed by atoms with E-state index in [4.69, 9.17) is 9.84 Å². The number of carboxylic acid groups (broad SMARTS) is 1. The van der Waals surface area contributed by atoms with Crippen molar-refractivity contribution in [3.05, 3.63) is 0 Å². The monoisotopic (exact) mass is 258 g/mol. The number of rotatable bonds is 7. The van der Waals surface area contributed by atoms with E-state index in [1.54, 1.807) is 0 Å². The van der Waals surface area contributed by atoms with Crippen LogP contribution in [0.5, 0.6) is 0 Å². The molecule has 104 valence electrons. The van der Waals surface area contributed by atoms with Crippen LogP contribution in [0.25, 0.3) is 0 Å². The third-order valence-corrected chi connectivity index (χ3v) is 3.18. The summed E-state index contributed by atoms with van der Waals surface area (Å²) < 4.78 is 5.56. The Bertz CT molecular complexity index is 296. The van der Waals surface area contributed by atoms with Crippen molar-refractivity contribution in [1.82, 2.24) is 10.6 Å². The summed E-state index contributed by atoms with van der Waals surface area (Å²) in [5, 5.41) is 14.4. The second-order valence-electron chi connectivity index (χ2n) is 4.62. The lowest BCUT2D eigenvalue weighted by atomic mass is 9.99. The highest BCUT2D eigenvalue weighted by Gasteiger charge is 2.27. The predicted molar refractivity (Wildman–Crippen MR) is 66.2 cm³/mol. The van der Waals surface area contributed by atoms with E-state index in [-0.39, 0.29) is 18.6 Å². The van der Waals surface area contributed by atoms with Gasteiger partial charge in [-0.2, -0.15) is 0 Å². The first-order valence-corrected chi connectivity index (χ1v) is 6.36. The SMILES string of the molecule is CCC1OCCC1CNCC(NC(C)=O)C(=O)O. The molecule has 1 fully saturated rings. The van der Waals surface area contributed by atoms with Crippen LogP contribution in [0.1, 0.15) is 26.7 Å². The number of aliphatic carboxylic acids is 1. The van der Waals surface area contributed by atoms with Crippen molar-refractivity contribution < 1.29 is 19.4 Å². The first-order chi connectivity index (χ1) is 8.54. The summed E-state index contributed by atoms with van der Waals surface area (Å²) in [5.41, 5.74) is 0. The fraction of sp³-hybridized carbons (Fsp3) is 0.833. The van der Waals surface area contributed by atoms with Crippen LogP contribution in [-0.4, -0.2) is 48.8 Å². The molecule has 3 unspecified atom stereocenters. The Labute approximate surface area is 107 Å². The zero-order valence-electron chi connectivity index (χ0n) is 10.9. The molecule has 0 aliphatic carbocycles. The quantitative estimate of drug-likeness (QED) is 0.597. The minimum Gasteiger partial charge on any atom is -0.480 e. The van der Waals surface area contributed by atoms with Crippen LogP contribution in [0.4, 0.5) is 0 Å². The van der Waals surface area contributed by atoms with Gasteiger partial charge in [0.1, 0.15) is 6.04 Å². The molecule has 18 heavy (non-hydrogen) atoms. The van der Waals surface area contributed by atoms with E-state index in [1.165, 1.54) is 6.92 Å². The van der Waals surface area contributed by atoms with Crippen LogP contribution in [0.15, 0.2) is 0 Å². The number of hydrogen-bond acceptors (Lipinski definition) is 4. The Balaban J connectivity index is 2.30. The normalized spacial score (nSPS) is 24.8. The van der Waals surface area contributed by atoms with E-state index in [0.29, 0.717) is 5.92 Å². The summed E-state index contributed by atoms with van der Waals surface area (Å²) in [7, 11) is 0. The minimum atomic E-state index is -1.02. The van der Waals surface area contributed by atoms with Gasteiger partial charge in [-0.1, -0.05) is 6.92 Å². The van der Waals surface area contributed by atoms with Gasteiger partial charge in [0.15, 0.2) is 0 Å². The number of ether oxygens (including phenoxy) is 1. The minimum absolute atomic E-state index is 0.238. The average Bonchev–Trinajstić information content (AvgIpc) is 2.74. The van der Waals surface area contributed by atoms with Crippen LogP contribution in [-0.2, 0) is 14.3 Å². The summed E-state index contributed by atoms with van der Waals surface area (Å²) in [5.74, 6) is -0.922. The van der Waals surface area contributed by atoms with Crippen LogP contribution in [0.2, 0.25) is 0 Å². The maximum atomic E-state index is 10.9. The Morgan fingerprint density at radius 1 is 1.50 bits per heavy atom. The summed E-state index contributed by atoms with van der Waals surface area (Å²) in [6.07, 6.45) is 2.24. The molecule has 0 bridgehead atoms. The van der Waals surface area contributed by atoms with Gasteiger partial charge in [-0.05, 0) is 18.8 Å². The van der Waals surface area contributed by atoms with E-state index < -0.39 is 12.0 Å². The molecule has 3 atom stereocenters. The van der Waals surface area contributed by atoms with Gasteiger partial charge in [-0.3, -0.25) is 4.79 Å². The highest BCUT2D eigenvalue weighted by molar-refractivity contribution is 5.82. The highest BCUT2D eigenvalue weighted by atomic mass is 16.5. The molecule has 0 aromatic rings. The van der Waals surface area contributed by atoms with Crippen molar-refractivity contribution in [3.63, 3.8) is 0 Å². The molecule has 1 saturated heterocycles. The lowest BCUT2D eigenvalue weighted by Crippen LogP contribution is -2.47. The van der Waals surface area contributed by atoms with Gasteiger partial charge in [0, 0.05) is 26.6 Å².